The Hall–Kier alpha value is -0.900. The maximum atomic E-state index is 10.0. The Morgan fingerprint density at radius 1 is 1.20 bits per heavy atom. The number of aliphatic hydroxyl groups is 1. The lowest BCUT2D eigenvalue weighted by atomic mass is 9.89. The van der Waals surface area contributed by atoms with Gasteiger partial charge < -0.3 is 15.3 Å². The highest BCUT2D eigenvalue weighted by atomic mass is 16.3. The average Bonchev–Trinajstić information content (AvgIpc) is 2.46. The monoisotopic (exact) mass is 278 g/mol. The van der Waals surface area contributed by atoms with Gasteiger partial charge in [-0.25, -0.2) is 0 Å². The van der Waals surface area contributed by atoms with Crippen molar-refractivity contribution in [1.29, 1.82) is 0 Å². The lowest BCUT2D eigenvalue weighted by molar-refractivity contribution is 0.0916. The van der Waals surface area contributed by atoms with Crippen LogP contribution in [0.5, 0.6) is 0 Å². The molecule has 0 aromatic heterocycles. The highest BCUT2D eigenvalue weighted by Gasteiger charge is 2.33. The first-order valence-electron chi connectivity index (χ1n) is 7.58. The van der Waals surface area contributed by atoms with Crippen molar-refractivity contribution in [3.63, 3.8) is 0 Å². The first kappa shape index (κ1) is 17.2. The first-order valence-corrected chi connectivity index (χ1v) is 7.58. The van der Waals surface area contributed by atoms with E-state index in [1.165, 1.54) is 0 Å². The number of nitrogens with one attached hydrogen (secondary N) is 1. The summed E-state index contributed by atoms with van der Waals surface area (Å²) in [5.74, 6) is 0.591. The third kappa shape index (κ3) is 4.05. The summed E-state index contributed by atoms with van der Waals surface area (Å²) in [7, 11) is 2.13. The summed E-state index contributed by atoms with van der Waals surface area (Å²) in [6, 6.07) is 10.7. The molecule has 0 aliphatic rings. The highest BCUT2D eigenvalue weighted by Crippen LogP contribution is 2.23. The van der Waals surface area contributed by atoms with Crippen LogP contribution in [-0.4, -0.2) is 42.8 Å². The minimum atomic E-state index is -0.395. The molecule has 1 aromatic carbocycles. The van der Waals surface area contributed by atoms with Gasteiger partial charge in [0.25, 0.3) is 0 Å². The maximum absolute atomic E-state index is 10.0. The number of hydrogen-bond acceptors (Lipinski definition) is 3. The summed E-state index contributed by atoms with van der Waals surface area (Å²) in [5, 5.41) is 13.5. The van der Waals surface area contributed by atoms with Crippen LogP contribution in [0, 0.1) is 5.92 Å². The molecule has 0 bridgehead atoms. The molecular formula is C17H30N2O. The van der Waals surface area contributed by atoms with Gasteiger partial charge in [0.05, 0.1) is 12.1 Å². The molecule has 3 heteroatoms. The molecule has 0 radical (unpaired) electrons. The molecule has 0 aliphatic carbocycles. The summed E-state index contributed by atoms with van der Waals surface area (Å²) in [4.78, 5) is 2.33. The van der Waals surface area contributed by atoms with Gasteiger partial charge in [-0.1, -0.05) is 51.1 Å². The van der Waals surface area contributed by atoms with Gasteiger partial charge in [0.15, 0.2) is 0 Å². The van der Waals surface area contributed by atoms with E-state index in [0.29, 0.717) is 12.0 Å². The Bertz CT molecular complexity index is 380. The predicted octanol–water partition coefficient (Wildman–Crippen LogP) is 2.46. The Balaban J connectivity index is 3.00. The van der Waals surface area contributed by atoms with Gasteiger partial charge in [-0.2, -0.15) is 0 Å². The molecule has 0 spiro atoms. The number of aliphatic hydroxyl groups excluding tert-OH is 1. The molecule has 1 rings (SSSR count). The van der Waals surface area contributed by atoms with E-state index in [1.54, 1.807) is 0 Å². The molecule has 2 unspecified atom stereocenters. The quantitative estimate of drug-likeness (QED) is 0.767. The van der Waals surface area contributed by atoms with Crippen molar-refractivity contribution in [1.82, 2.24) is 10.2 Å². The largest absolute Gasteiger partial charge is 0.394 e. The maximum Gasteiger partial charge on any atom is 0.0797 e. The lowest BCUT2D eigenvalue weighted by Crippen LogP contribution is -2.54. The Kier molecular flexibility index (Phi) is 6.66. The lowest BCUT2D eigenvalue weighted by Gasteiger charge is -2.40. The van der Waals surface area contributed by atoms with Crippen LogP contribution < -0.4 is 5.32 Å². The normalized spacial score (nSPS) is 16.4. The second kappa shape index (κ2) is 7.77. The van der Waals surface area contributed by atoms with Crippen LogP contribution in [0.2, 0.25) is 0 Å². The van der Waals surface area contributed by atoms with Crippen molar-refractivity contribution in [2.45, 2.75) is 39.3 Å². The number of nitrogens with zero attached hydrogens (tertiary/aromatic N) is 1. The third-order valence-corrected chi connectivity index (χ3v) is 4.29. The summed E-state index contributed by atoms with van der Waals surface area (Å²) < 4.78 is 0. The van der Waals surface area contributed by atoms with Gasteiger partial charge in [-0.3, -0.25) is 0 Å². The minimum absolute atomic E-state index is 0.0972. The minimum Gasteiger partial charge on any atom is -0.394 e. The summed E-state index contributed by atoms with van der Waals surface area (Å²) >= 11 is 0. The van der Waals surface area contributed by atoms with E-state index in [4.69, 9.17) is 0 Å². The Labute approximate surface area is 124 Å². The van der Waals surface area contributed by atoms with Crippen molar-refractivity contribution in [3.05, 3.63) is 35.9 Å². The van der Waals surface area contributed by atoms with Crippen molar-refractivity contribution in [3.8, 4) is 0 Å². The number of benzene rings is 1. The smallest absolute Gasteiger partial charge is 0.0797 e. The molecule has 0 saturated heterocycles. The molecule has 0 aliphatic heterocycles. The number of hydrogen-bond donors (Lipinski definition) is 2. The molecule has 1 aromatic rings. The van der Waals surface area contributed by atoms with E-state index in [2.05, 4.69) is 57.1 Å². The van der Waals surface area contributed by atoms with Crippen LogP contribution in [0.3, 0.4) is 0 Å². The van der Waals surface area contributed by atoms with E-state index in [0.717, 1.165) is 18.7 Å². The van der Waals surface area contributed by atoms with Crippen LogP contribution in [0.25, 0.3) is 0 Å². The van der Waals surface area contributed by atoms with Crippen molar-refractivity contribution in [2.75, 3.05) is 26.7 Å². The first-order chi connectivity index (χ1) is 9.46. The van der Waals surface area contributed by atoms with Crippen LogP contribution in [0.1, 0.15) is 33.3 Å². The molecule has 0 amide bonds. The van der Waals surface area contributed by atoms with Crippen LogP contribution in [-0.2, 0) is 5.54 Å². The van der Waals surface area contributed by atoms with E-state index >= 15 is 0 Å². The molecule has 114 valence electrons. The van der Waals surface area contributed by atoms with E-state index in [9.17, 15) is 5.11 Å². The summed E-state index contributed by atoms with van der Waals surface area (Å²) in [6.45, 7) is 10.5. The van der Waals surface area contributed by atoms with Gasteiger partial charge in [0, 0.05) is 12.6 Å². The van der Waals surface area contributed by atoms with Gasteiger partial charge in [-0.15, -0.1) is 0 Å². The van der Waals surface area contributed by atoms with E-state index in [1.807, 2.05) is 18.2 Å². The van der Waals surface area contributed by atoms with E-state index in [-0.39, 0.29) is 6.61 Å². The predicted molar refractivity (Wildman–Crippen MR) is 85.8 cm³/mol. The molecule has 0 saturated carbocycles. The Morgan fingerprint density at radius 2 is 1.80 bits per heavy atom. The van der Waals surface area contributed by atoms with Gasteiger partial charge in [-0.05, 0) is 32.0 Å². The van der Waals surface area contributed by atoms with Crippen molar-refractivity contribution >= 4 is 0 Å². The zero-order valence-corrected chi connectivity index (χ0v) is 13.6. The van der Waals surface area contributed by atoms with Gasteiger partial charge in [0.1, 0.15) is 0 Å². The molecular weight excluding hydrogens is 248 g/mol. The SMILES string of the molecule is CCNC(CO)(CN(C)C(C)C(C)C)c1ccccc1. The second-order valence-corrected chi connectivity index (χ2v) is 6.04. The standard InChI is InChI=1S/C17H30N2O/c1-6-18-17(13-20,16-10-8-7-9-11-16)12-19(5)15(4)14(2)3/h7-11,14-15,18,20H,6,12-13H2,1-5H3. The third-order valence-electron chi connectivity index (χ3n) is 4.29. The fourth-order valence-corrected chi connectivity index (χ4v) is 2.62. The molecule has 2 N–H and O–H groups in total. The van der Waals surface area contributed by atoms with Crippen LogP contribution >= 0.6 is 0 Å². The van der Waals surface area contributed by atoms with Gasteiger partial charge in [0.2, 0.25) is 0 Å². The van der Waals surface area contributed by atoms with Crippen LogP contribution in [0.4, 0.5) is 0 Å². The molecule has 0 fully saturated rings. The average molecular weight is 278 g/mol. The molecule has 20 heavy (non-hydrogen) atoms. The zero-order valence-electron chi connectivity index (χ0n) is 13.6. The van der Waals surface area contributed by atoms with Crippen molar-refractivity contribution in [2.24, 2.45) is 5.92 Å². The second-order valence-electron chi connectivity index (χ2n) is 6.04. The fraction of sp³-hybridized carbons (Fsp3) is 0.647. The topological polar surface area (TPSA) is 35.5 Å². The zero-order chi connectivity index (χ0) is 15.2. The molecule has 0 heterocycles. The molecule has 3 nitrogen and oxygen atoms in total. The number of rotatable bonds is 8. The Morgan fingerprint density at radius 3 is 2.25 bits per heavy atom. The van der Waals surface area contributed by atoms with Crippen molar-refractivity contribution < 1.29 is 5.11 Å². The summed E-state index contributed by atoms with van der Waals surface area (Å²) in [6.07, 6.45) is 0. The number of likely N-dealkylation sites (N-methyl/N-ethyl adjacent to an activating group) is 2. The van der Waals surface area contributed by atoms with Crippen LogP contribution in [0.15, 0.2) is 30.3 Å². The van der Waals surface area contributed by atoms with E-state index < -0.39 is 5.54 Å². The van der Waals surface area contributed by atoms with Gasteiger partial charge >= 0.3 is 0 Å². The summed E-state index contributed by atoms with van der Waals surface area (Å²) in [5.41, 5.74) is 0.751. The molecule has 2 atom stereocenters. The highest BCUT2D eigenvalue weighted by molar-refractivity contribution is 5.25. The fourth-order valence-electron chi connectivity index (χ4n) is 2.62.